The van der Waals surface area contributed by atoms with E-state index in [1.807, 2.05) is 30.3 Å². The van der Waals surface area contributed by atoms with Crippen molar-refractivity contribution in [2.24, 2.45) is 0 Å². The summed E-state index contributed by atoms with van der Waals surface area (Å²) in [6, 6.07) is 15.2. The normalized spacial score (nSPS) is 11.1. The summed E-state index contributed by atoms with van der Waals surface area (Å²) in [5.41, 5.74) is 5.51. The molecule has 152 valence electrons. The van der Waals surface area contributed by atoms with Crippen LogP contribution in [0.3, 0.4) is 0 Å². The zero-order valence-electron chi connectivity index (χ0n) is 15.1. The van der Waals surface area contributed by atoms with Gasteiger partial charge in [0.2, 0.25) is 5.91 Å². The summed E-state index contributed by atoms with van der Waals surface area (Å²) < 4.78 is 0. The number of hydrazine groups is 1. The van der Waals surface area contributed by atoms with Crippen molar-refractivity contribution in [1.82, 2.24) is 10.9 Å². The molecular weight excluding hydrogens is 414 g/mol. The van der Waals surface area contributed by atoms with Gasteiger partial charge in [-0.25, -0.2) is 0 Å². The Hall–Kier alpha value is -3.18. The molecule has 1 unspecified atom stereocenters. The molecule has 2 aromatic carbocycles. The standard InChI is InChI=1S/C18H19N5O4S2/c24-13(11-17(28)19-12-6-2-1-3-7-12)10-16(25)21-22-18(29)20-14-8-4-5-9-15(14)23(26)27/h1-9,17,19,28H,10-11H2,(H,21,25)(H2,20,22,29). The second-order valence-electron chi connectivity index (χ2n) is 5.85. The number of ketones is 1. The zero-order chi connectivity index (χ0) is 21.2. The molecule has 0 aliphatic heterocycles. The number of nitrogens with one attached hydrogen (secondary N) is 4. The number of anilines is 2. The van der Waals surface area contributed by atoms with E-state index < -0.39 is 16.2 Å². The molecule has 0 radical (unpaired) electrons. The summed E-state index contributed by atoms with van der Waals surface area (Å²) in [7, 11) is 0. The number of benzene rings is 2. The number of thiol groups is 1. The van der Waals surface area contributed by atoms with E-state index in [2.05, 4.69) is 34.1 Å². The molecule has 0 aliphatic carbocycles. The van der Waals surface area contributed by atoms with Gasteiger partial charge in [0.05, 0.1) is 16.7 Å². The van der Waals surface area contributed by atoms with Crippen LogP contribution in [0.4, 0.5) is 17.1 Å². The maximum Gasteiger partial charge on any atom is 0.292 e. The average Bonchev–Trinajstić information content (AvgIpc) is 2.67. The monoisotopic (exact) mass is 433 g/mol. The van der Waals surface area contributed by atoms with E-state index in [1.54, 1.807) is 6.07 Å². The minimum atomic E-state index is -0.595. The first-order valence-corrected chi connectivity index (χ1v) is 9.38. The van der Waals surface area contributed by atoms with Gasteiger partial charge < -0.3 is 10.6 Å². The largest absolute Gasteiger partial charge is 0.373 e. The Kier molecular flexibility index (Phi) is 8.37. The summed E-state index contributed by atoms with van der Waals surface area (Å²) in [6.07, 6.45) is -0.320. The molecular formula is C18H19N5O4S2. The molecule has 0 saturated carbocycles. The molecule has 0 aromatic heterocycles. The van der Waals surface area contributed by atoms with E-state index in [-0.39, 0.29) is 35.1 Å². The molecule has 0 fully saturated rings. The van der Waals surface area contributed by atoms with Gasteiger partial charge in [0.25, 0.3) is 5.69 Å². The van der Waals surface area contributed by atoms with E-state index in [4.69, 9.17) is 12.2 Å². The molecule has 0 spiro atoms. The van der Waals surface area contributed by atoms with Crippen LogP contribution < -0.4 is 21.5 Å². The van der Waals surface area contributed by atoms with Crippen LogP contribution in [-0.4, -0.2) is 27.1 Å². The smallest absolute Gasteiger partial charge is 0.292 e. The van der Waals surface area contributed by atoms with Gasteiger partial charge in [-0.15, -0.1) is 0 Å². The second-order valence-corrected chi connectivity index (χ2v) is 6.88. The van der Waals surface area contributed by atoms with Gasteiger partial charge in [-0.3, -0.25) is 30.6 Å². The average molecular weight is 434 g/mol. The molecule has 0 bridgehead atoms. The highest BCUT2D eigenvalue weighted by Gasteiger charge is 2.15. The van der Waals surface area contributed by atoms with E-state index in [0.29, 0.717) is 0 Å². The number of Topliss-reactive ketones (excluding diaryl/α,β-unsaturated/α-hetero) is 1. The number of nitrogens with zero attached hydrogens (tertiary/aromatic N) is 1. The fourth-order valence-electron chi connectivity index (χ4n) is 2.31. The molecule has 0 aliphatic rings. The molecule has 1 atom stereocenters. The predicted molar refractivity (Wildman–Crippen MR) is 118 cm³/mol. The molecule has 0 heterocycles. The first-order chi connectivity index (χ1) is 13.8. The van der Waals surface area contributed by atoms with Gasteiger partial charge in [0.15, 0.2) is 5.11 Å². The van der Waals surface area contributed by atoms with Gasteiger partial charge in [-0.2, -0.15) is 12.6 Å². The minimum Gasteiger partial charge on any atom is -0.373 e. The van der Waals surface area contributed by atoms with E-state index in [0.717, 1.165) is 5.69 Å². The summed E-state index contributed by atoms with van der Waals surface area (Å²) in [6.45, 7) is 0. The Labute approximate surface area is 177 Å². The van der Waals surface area contributed by atoms with Crippen LogP contribution in [0.15, 0.2) is 54.6 Å². The van der Waals surface area contributed by atoms with Crippen LogP contribution >= 0.6 is 24.8 Å². The fourth-order valence-corrected chi connectivity index (χ4v) is 2.82. The van der Waals surface area contributed by atoms with Gasteiger partial charge in [0.1, 0.15) is 11.5 Å². The highest BCUT2D eigenvalue weighted by atomic mass is 32.1. The fraction of sp³-hybridized carbons (Fsp3) is 0.167. The van der Waals surface area contributed by atoms with Crippen molar-refractivity contribution >= 4 is 58.7 Å². The summed E-state index contributed by atoms with van der Waals surface area (Å²) >= 11 is 9.29. The maximum absolute atomic E-state index is 12.0. The summed E-state index contributed by atoms with van der Waals surface area (Å²) in [5, 5.41) is 16.1. The van der Waals surface area contributed by atoms with E-state index in [9.17, 15) is 19.7 Å². The van der Waals surface area contributed by atoms with Gasteiger partial charge in [-0.1, -0.05) is 30.3 Å². The van der Waals surface area contributed by atoms with Crippen molar-refractivity contribution in [3.63, 3.8) is 0 Å². The van der Waals surface area contributed by atoms with Crippen LogP contribution in [0, 0.1) is 10.1 Å². The van der Waals surface area contributed by atoms with E-state index >= 15 is 0 Å². The Morgan fingerprint density at radius 1 is 1.07 bits per heavy atom. The molecule has 2 aromatic rings. The lowest BCUT2D eigenvalue weighted by Gasteiger charge is -2.14. The Bertz CT molecular complexity index is 895. The predicted octanol–water partition coefficient (Wildman–Crippen LogP) is 2.63. The Balaban J connectivity index is 1.74. The van der Waals surface area contributed by atoms with Gasteiger partial charge in [0, 0.05) is 18.2 Å². The van der Waals surface area contributed by atoms with Crippen molar-refractivity contribution in [2.45, 2.75) is 18.2 Å². The van der Waals surface area contributed by atoms with Crippen molar-refractivity contribution < 1.29 is 14.5 Å². The number of hydrogen-bond acceptors (Lipinski definition) is 7. The second kappa shape index (κ2) is 11.0. The molecule has 11 heteroatoms. The lowest BCUT2D eigenvalue weighted by atomic mass is 10.2. The number of para-hydroxylation sites is 3. The third kappa shape index (κ3) is 7.76. The molecule has 0 saturated heterocycles. The third-order valence-corrected chi connectivity index (χ3v) is 4.07. The first-order valence-electron chi connectivity index (χ1n) is 8.45. The highest BCUT2D eigenvalue weighted by molar-refractivity contribution is 7.81. The van der Waals surface area contributed by atoms with Crippen LogP contribution in [0.2, 0.25) is 0 Å². The number of rotatable bonds is 8. The number of carbonyl (C=O) groups is 2. The van der Waals surface area contributed by atoms with Crippen LogP contribution in [-0.2, 0) is 9.59 Å². The van der Waals surface area contributed by atoms with Gasteiger partial charge in [-0.05, 0) is 30.4 Å². The quantitative estimate of drug-likeness (QED) is 0.107. The maximum atomic E-state index is 12.0. The summed E-state index contributed by atoms with van der Waals surface area (Å²) in [4.78, 5) is 34.3. The summed E-state index contributed by atoms with van der Waals surface area (Å²) in [5.74, 6) is -0.910. The number of hydrogen-bond donors (Lipinski definition) is 5. The molecule has 9 nitrogen and oxygen atoms in total. The molecule has 2 rings (SSSR count). The lowest BCUT2D eigenvalue weighted by Crippen LogP contribution is -2.44. The number of carbonyl (C=O) groups excluding carboxylic acids is 2. The minimum absolute atomic E-state index is 0.0460. The zero-order valence-corrected chi connectivity index (χ0v) is 16.8. The number of nitro groups is 1. The van der Waals surface area contributed by atoms with Crippen LogP contribution in [0.1, 0.15) is 12.8 Å². The molecule has 1 amide bonds. The number of thiocarbonyl (C=S) groups is 1. The van der Waals surface area contributed by atoms with Crippen molar-refractivity contribution in [3.8, 4) is 0 Å². The SMILES string of the molecule is O=C(CC(=O)NNC(=S)Nc1ccccc1[N+](=O)[O-])CC(S)Nc1ccccc1. The Morgan fingerprint density at radius 2 is 1.72 bits per heavy atom. The topological polar surface area (TPSA) is 125 Å². The van der Waals surface area contributed by atoms with Crippen LogP contribution in [0.25, 0.3) is 0 Å². The van der Waals surface area contributed by atoms with Crippen molar-refractivity contribution in [2.75, 3.05) is 10.6 Å². The van der Waals surface area contributed by atoms with Crippen molar-refractivity contribution in [3.05, 3.63) is 64.7 Å². The number of nitro benzene ring substituents is 1. The molecule has 4 N–H and O–H groups in total. The van der Waals surface area contributed by atoms with E-state index in [1.165, 1.54) is 18.2 Å². The third-order valence-electron chi connectivity index (χ3n) is 3.55. The van der Waals surface area contributed by atoms with Crippen molar-refractivity contribution in [1.29, 1.82) is 0 Å². The highest BCUT2D eigenvalue weighted by Crippen LogP contribution is 2.22. The van der Waals surface area contributed by atoms with Gasteiger partial charge >= 0.3 is 0 Å². The molecule has 29 heavy (non-hydrogen) atoms. The van der Waals surface area contributed by atoms with Crippen LogP contribution in [0.5, 0.6) is 0 Å². The lowest BCUT2D eigenvalue weighted by molar-refractivity contribution is -0.383. The number of amides is 1. The first kappa shape index (κ1) is 22.1. The Morgan fingerprint density at radius 3 is 2.41 bits per heavy atom.